The van der Waals surface area contributed by atoms with Crippen molar-refractivity contribution in [2.45, 2.75) is 49.5 Å². The predicted molar refractivity (Wildman–Crippen MR) is 94.4 cm³/mol. The molecule has 0 aromatic heterocycles. The fourth-order valence-electron chi connectivity index (χ4n) is 2.82. The number of esters is 2. The van der Waals surface area contributed by atoms with E-state index >= 15 is 0 Å². The average molecular weight is 470 g/mol. The zero-order valence-corrected chi connectivity index (χ0v) is 16.8. The van der Waals surface area contributed by atoms with Crippen molar-refractivity contribution in [1.82, 2.24) is 0 Å². The molecule has 0 bridgehead atoms. The SMILES string of the molecule is C=C(CC(=O)Oc1c(F)c(F)c(S(=O)(=O)O)c(F)c1F)C(=O)OCOC1CCCCC1. The molecule has 2 rings (SSSR count). The molecular formula is C18H18F4O8S. The van der Waals surface area contributed by atoms with Gasteiger partial charge in [-0.1, -0.05) is 25.8 Å². The van der Waals surface area contributed by atoms with E-state index in [1.54, 1.807) is 0 Å². The minimum Gasteiger partial charge on any atom is -0.435 e. The van der Waals surface area contributed by atoms with Crippen LogP contribution in [0.3, 0.4) is 0 Å². The Bertz CT molecular complexity index is 958. The first-order chi connectivity index (χ1) is 14.4. The van der Waals surface area contributed by atoms with Gasteiger partial charge in [-0.2, -0.15) is 17.2 Å². The fraction of sp³-hybridized carbons (Fsp3) is 0.444. The molecule has 172 valence electrons. The molecule has 1 aliphatic carbocycles. The monoisotopic (exact) mass is 470 g/mol. The minimum atomic E-state index is -5.66. The number of rotatable bonds is 8. The number of benzene rings is 1. The van der Waals surface area contributed by atoms with E-state index < -0.39 is 74.8 Å². The third-order valence-electron chi connectivity index (χ3n) is 4.35. The third-order valence-corrected chi connectivity index (χ3v) is 5.22. The van der Waals surface area contributed by atoms with E-state index in [-0.39, 0.29) is 6.10 Å². The molecule has 0 radical (unpaired) electrons. The summed E-state index contributed by atoms with van der Waals surface area (Å²) in [7, 11) is -5.66. The van der Waals surface area contributed by atoms with Crippen LogP contribution in [0.1, 0.15) is 38.5 Å². The van der Waals surface area contributed by atoms with E-state index in [2.05, 4.69) is 11.3 Å². The summed E-state index contributed by atoms with van der Waals surface area (Å²) in [6.45, 7) is 2.84. The molecule has 13 heteroatoms. The highest BCUT2D eigenvalue weighted by molar-refractivity contribution is 7.85. The number of hydrogen-bond donors (Lipinski definition) is 1. The number of ether oxygens (including phenoxy) is 3. The lowest BCUT2D eigenvalue weighted by Crippen LogP contribution is -2.21. The van der Waals surface area contributed by atoms with Crippen LogP contribution in [0.5, 0.6) is 5.75 Å². The average Bonchev–Trinajstić information content (AvgIpc) is 2.69. The molecule has 0 atom stereocenters. The molecule has 0 unspecified atom stereocenters. The second-order valence-electron chi connectivity index (χ2n) is 6.62. The summed E-state index contributed by atoms with van der Waals surface area (Å²) in [5.74, 6) is -14.3. The van der Waals surface area contributed by atoms with E-state index in [0.717, 1.165) is 32.1 Å². The van der Waals surface area contributed by atoms with Gasteiger partial charge in [0.05, 0.1) is 12.5 Å². The molecule has 0 spiro atoms. The first kappa shape index (κ1) is 24.8. The molecule has 8 nitrogen and oxygen atoms in total. The Balaban J connectivity index is 1.98. The lowest BCUT2D eigenvalue weighted by atomic mass is 9.98. The van der Waals surface area contributed by atoms with Crippen LogP contribution in [0.2, 0.25) is 0 Å². The Hall–Kier alpha value is -2.51. The lowest BCUT2D eigenvalue weighted by molar-refractivity contribution is -0.158. The van der Waals surface area contributed by atoms with Crippen molar-refractivity contribution >= 4 is 22.1 Å². The van der Waals surface area contributed by atoms with Crippen molar-refractivity contribution in [1.29, 1.82) is 0 Å². The number of halogens is 4. The second kappa shape index (κ2) is 10.2. The highest BCUT2D eigenvalue weighted by Crippen LogP contribution is 2.32. The van der Waals surface area contributed by atoms with Gasteiger partial charge in [-0.3, -0.25) is 9.35 Å². The Morgan fingerprint density at radius 2 is 1.55 bits per heavy atom. The fourth-order valence-corrected chi connectivity index (χ4v) is 3.45. The van der Waals surface area contributed by atoms with Crippen LogP contribution in [-0.2, 0) is 29.2 Å². The van der Waals surface area contributed by atoms with Gasteiger partial charge in [0.15, 0.2) is 23.3 Å². The van der Waals surface area contributed by atoms with Gasteiger partial charge in [0.1, 0.15) is 0 Å². The second-order valence-corrected chi connectivity index (χ2v) is 7.98. The molecule has 1 fully saturated rings. The van der Waals surface area contributed by atoms with Crippen LogP contribution in [0.4, 0.5) is 17.6 Å². The van der Waals surface area contributed by atoms with E-state index in [4.69, 9.17) is 14.0 Å². The van der Waals surface area contributed by atoms with Crippen molar-refractivity contribution in [2.75, 3.05) is 6.79 Å². The van der Waals surface area contributed by atoms with Crippen LogP contribution in [0.15, 0.2) is 17.0 Å². The lowest BCUT2D eigenvalue weighted by Gasteiger charge is -2.21. The topological polar surface area (TPSA) is 116 Å². The van der Waals surface area contributed by atoms with Gasteiger partial charge in [0, 0.05) is 5.57 Å². The van der Waals surface area contributed by atoms with E-state index in [1.807, 2.05) is 0 Å². The molecule has 0 aliphatic heterocycles. The summed E-state index contributed by atoms with van der Waals surface area (Å²) in [4.78, 5) is 21.3. The van der Waals surface area contributed by atoms with Crippen molar-refractivity contribution in [3.63, 3.8) is 0 Å². The smallest absolute Gasteiger partial charge is 0.336 e. The van der Waals surface area contributed by atoms with Crippen LogP contribution < -0.4 is 4.74 Å². The standard InChI is InChI=1S/C18H18F4O8S/c1-9(18(24)29-8-28-10-5-3-2-4-6-10)7-11(23)30-16-12(19)14(21)17(31(25,26)27)15(22)13(16)20/h10H,1-8H2,(H,25,26,27). The van der Waals surface area contributed by atoms with E-state index in [1.165, 1.54) is 0 Å². The molecule has 1 saturated carbocycles. The molecule has 0 saturated heterocycles. The van der Waals surface area contributed by atoms with Crippen molar-refractivity contribution < 1.29 is 54.3 Å². The maximum absolute atomic E-state index is 13.9. The van der Waals surface area contributed by atoms with Crippen molar-refractivity contribution in [2.24, 2.45) is 0 Å². The summed E-state index contributed by atoms with van der Waals surface area (Å²) >= 11 is 0. The van der Waals surface area contributed by atoms with E-state index in [9.17, 15) is 35.6 Å². The number of hydrogen-bond acceptors (Lipinski definition) is 7. The maximum atomic E-state index is 13.9. The highest BCUT2D eigenvalue weighted by Gasteiger charge is 2.34. The summed E-state index contributed by atoms with van der Waals surface area (Å²) in [5, 5.41) is 0. The molecule has 1 N–H and O–H groups in total. The zero-order chi connectivity index (χ0) is 23.3. The van der Waals surface area contributed by atoms with Gasteiger partial charge in [0.2, 0.25) is 17.4 Å². The first-order valence-electron chi connectivity index (χ1n) is 8.94. The van der Waals surface area contributed by atoms with Gasteiger partial charge in [-0.25, -0.2) is 13.6 Å². The summed E-state index contributed by atoms with van der Waals surface area (Å²) in [5.41, 5.74) is -0.506. The van der Waals surface area contributed by atoms with Crippen LogP contribution in [0.25, 0.3) is 0 Å². The molecule has 31 heavy (non-hydrogen) atoms. The van der Waals surface area contributed by atoms with E-state index in [0.29, 0.717) is 0 Å². The third kappa shape index (κ3) is 6.24. The Morgan fingerprint density at radius 1 is 1.00 bits per heavy atom. The normalized spacial score (nSPS) is 14.9. The molecule has 0 heterocycles. The molecule has 0 amide bonds. The zero-order valence-electron chi connectivity index (χ0n) is 16.0. The maximum Gasteiger partial charge on any atom is 0.336 e. The number of carbonyl (C=O) groups is 2. The number of carbonyl (C=O) groups excluding carboxylic acids is 2. The van der Waals surface area contributed by atoms with Crippen LogP contribution in [-0.4, -0.2) is 37.8 Å². The molecule has 1 aromatic carbocycles. The summed E-state index contributed by atoms with van der Waals surface area (Å²) in [6, 6.07) is 0. The van der Waals surface area contributed by atoms with Gasteiger partial charge >= 0.3 is 22.1 Å². The van der Waals surface area contributed by atoms with Crippen LogP contribution >= 0.6 is 0 Å². The minimum absolute atomic E-state index is 0.0683. The quantitative estimate of drug-likeness (QED) is 0.117. The Labute approximate surface area is 174 Å². The molecule has 1 aliphatic rings. The van der Waals surface area contributed by atoms with Gasteiger partial charge in [-0.05, 0) is 12.8 Å². The van der Waals surface area contributed by atoms with Crippen molar-refractivity contribution in [3.8, 4) is 5.75 Å². The summed E-state index contributed by atoms with van der Waals surface area (Å²) < 4.78 is 99.9. The highest BCUT2D eigenvalue weighted by atomic mass is 32.2. The molecular weight excluding hydrogens is 452 g/mol. The van der Waals surface area contributed by atoms with Gasteiger partial charge < -0.3 is 14.2 Å². The van der Waals surface area contributed by atoms with Gasteiger partial charge in [-0.15, -0.1) is 0 Å². The Morgan fingerprint density at radius 3 is 2.06 bits per heavy atom. The summed E-state index contributed by atoms with van der Waals surface area (Å²) in [6.07, 6.45) is 3.64. The largest absolute Gasteiger partial charge is 0.435 e. The van der Waals surface area contributed by atoms with Gasteiger partial charge in [0.25, 0.3) is 0 Å². The van der Waals surface area contributed by atoms with Crippen LogP contribution in [0, 0.1) is 23.3 Å². The Kier molecular flexibility index (Phi) is 8.14. The van der Waals surface area contributed by atoms with Crippen molar-refractivity contribution in [3.05, 3.63) is 35.4 Å². The molecule has 1 aromatic rings. The predicted octanol–water partition coefficient (Wildman–Crippen LogP) is 3.19. The first-order valence-corrected chi connectivity index (χ1v) is 10.4.